The number of methoxy groups -OCH3 is 1. The molecule has 35 heavy (non-hydrogen) atoms. The van der Waals surface area contributed by atoms with Crippen LogP contribution in [-0.4, -0.2) is 56.6 Å². The summed E-state index contributed by atoms with van der Waals surface area (Å²) in [5, 5.41) is 2.90. The fraction of sp³-hybridized carbons (Fsp3) is 0.462. The highest BCUT2D eigenvalue weighted by molar-refractivity contribution is 7.92. The van der Waals surface area contributed by atoms with Crippen LogP contribution >= 0.6 is 0 Å². The minimum atomic E-state index is -3.77. The number of carbonyl (C=O) groups excluding carboxylic acids is 2. The molecule has 0 aliphatic carbocycles. The molecule has 0 aromatic heterocycles. The van der Waals surface area contributed by atoms with Crippen molar-refractivity contribution in [3.8, 4) is 5.75 Å². The number of hydrogen-bond acceptors (Lipinski definition) is 5. The third kappa shape index (κ3) is 8.28. The van der Waals surface area contributed by atoms with Crippen molar-refractivity contribution in [2.75, 3.05) is 24.2 Å². The van der Waals surface area contributed by atoms with Crippen molar-refractivity contribution in [2.24, 2.45) is 0 Å². The summed E-state index contributed by atoms with van der Waals surface area (Å²) in [5.41, 5.74) is 2.44. The molecule has 0 spiro atoms. The van der Waals surface area contributed by atoms with Gasteiger partial charge >= 0.3 is 0 Å². The van der Waals surface area contributed by atoms with Crippen LogP contribution in [0.2, 0.25) is 0 Å². The second kappa shape index (κ2) is 11.1. The molecule has 1 N–H and O–H groups in total. The summed E-state index contributed by atoms with van der Waals surface area (Å²) in [6.07, 6.45) is 1.07. The number of aryl methyl sites for hydroxylation is 2. The van der Waals surface area contributed by atoms with Gasteiger partial charge in [0.25, 0.3) is 0 Å². The molecule has 0 heterocycles. The summed E-state index contributed by atoms with van der Waals surface area (Å²) in [7, 11) is -2.22. The third-order valence-electron chi connectivity index (χ3n) is 5.33. The minimum absolute atomic E-state index is 0.110. The molecule has 8 nitrogen and oxygen atoms in total. The van der Waals surface area contributed by atoms with Crippen LogP contribution in [0.4, 0.5) is 5.69 Å². The molecule has 2 amide bonds. The van der Waals surface area contributed by atoms with Crippen LogP contribution in [-0.2, 0) is 26.2 Å². The Morgan fingerprint density at radius 3 is 2.17 bits per heavy atom. The van der Waals surface area contributed by atoms with E-state index in [0.717, 1.165) is 27.3 Å². The van der Waals surface area contributed by atoms with E-state index in [1.807, 2.05) is 46.8 Å². The third-order valence-corrected chi connectivity index (χ3v) is 6.47. The first-order valence-electron chi connectivity index (χ1n) is 11.4. The van der Waals surface area contributed by atoms with Gasteiger partial charge in [-0.2, -0.15) is 0 Å². The first kappa shape index (κ1) is 28.2. The molecule has 1 atom stereocenters. The number of rotatable bonds is 9. The van der Waals surface area contributed by atoms with E-state index in [9.17, 15) is 18.0 Å². The van der Waals surface area contributed by atoms with Crippen molar-refractivity contribution in [3.63, 3.8) is 0 Å². The van der Waals surface area contributed by atoms with Crippen LogP contribution in [0, 0.1) is 13.8 Å². The normalized spacial score (nSPS) is 12.6. The lowest BCUT2D eigenvalue weighted by Crippen LogP contribution is -2.54. The molecule has 2 rings (SSSR count). The van der Waals surface area contributed by atoms with Gasteiger partial charge in [0.1, 0.15) is 18.3 Å². The average molecular weight is 504 g/mol. The largest absolute Gasteiger partial charge is 0.497 e. The van der Waals surface area contributed by atoms with E-state index < -0.39 is 34.1 Å². The van der Waals surface area contributed by atoms with Crippen LogP contribution in [0.5, 0.6) is 5.75 Å². The molecular formula is C26H37N3O5S. The first-order valence-corrected chi connectivity index (χ1v) is 13.3. The van der Waals surface area contributed by atoms with E-state index >= 15 is 0 Å². The minimum Gasteiger partial charge on any atom is -0.497 e. The van der Waals surface area contributed by atoms with Crippen LogP contribution in [0.25, 0.3) is 0 Å². The number of nitrogens with one attached hydrogen (secondary N) is 1. The highest BCUT2D eigenvalue weighted by atomic mass is 32.2. The van der Waals surface area contributed by atoms with E-state index in [1.54, 1.807) is 44.4 Å². The molecule has 0 fully saturated rings. The van der Waals surface area contributed by atoms with Crippen molar-refractivity contribution in [2.45, 2.75) is 59.7 Å². The standard InChI is InChI=1S/C26H37N3O5S/c1-18-12-19(2)14-22(13-18)29(35(8,32)33)17-24(30)28(20(3)25(31)27-26(4,5)6)16-21-10-9-11-23(15-21)34-7/h9-15,20H,16-17H2,1-8H3,(H,27,31)/t20-/m0/s1. The molecular weight excluding hydrogens is 466 g/mol. The van der Waals surface area contributed by atoms with Gasteiger partial charge in [0, 0.05) is 12.1 Å². The van der Waals surface area contributed by atoms with Crippen molar-refractivity contribution in [1.29, 1.82) is 0 Å². The van der Waals surface area contributed by atoms with E-state index in [2.05, 4.69) is 5.32 Å². The number of sulfonamides is 1. The number of amides is 2. The van der Waals surface area contributed by atoms with Gasteiger partial charge in [-0.3, -0.25) is 13.9 Å². The van der Waals surface area contributed by atoms with E-state index in [-0.39, 0.29) is 12.5 Å². The van der Waals surface area contributed by atoms with E-state index in [4.69, 9.17) is 4.74 Å². The number of carbonyl (C=O) groups is 2. The zero-order chi connectivity index (χ0) is 26.6. The maximum absolute atomic E-state index is 13.6. The van der Waals surface area contributed by atoms with Gasteiger partial charge in [0.15, 0.2) is 0 Å². The average Bonchev–Trinajstić information content (AvgIpc) is 2.72. The summed E-state index contributed by atoms with van der Waals surface area (Å²) < 4.78 is 31.8. The summed E-state index contributed by atoms with van der Waals surface area (Å²) >= 11 is 0. The smallest absolute Gasteiger partial charge is 0.244 e. The molecule has 0 bridgehead atoms. The Balaban J connectivity index is 2.45. The van der Waals surface area contributed by atoms with E-state index in [0.29, 0.717) is 11.4 Å². The second-order valence-electron chi connectivity index (χ2n) is 9.90. The molecule has 0 aliphatic rings. The second-order valence-corrected chi connectivity index (χ2v) is 11.8. The predicted molar refractivity (Wildman–Crippen MR) is 139 cm³/mol. The summed E-state index contributed by atoms with van der Waals surface area (Å²) in [5.74, 6) is -0.199. The molecule has 0 unspecified atom stereocenters. The zero-order valence-electron chi connectivity index (χ0n) is 21.9. The Hall–Kier alpha value is -3.07. The lowest BCUT2D eigenvalue weighted by atomic mass is 10.1. The topological polar surface area (TPSA) is 96.0 Å². The number of hydrogen-bond donors (Lipinski definition) is 1. The molecule has 2 aromatic rings. The zero-order valence-corrected chi connectivity index (χ0v) is 22.7. The maximum Gasteiger partial charge on any atom is 0.244 e. The molecule has 9 heteroatoms. The maximum atomic E-state index is 13.6. The summed E-state index contributed by atoms with van der Waals surface area (Å²) in [6.45, 7) is 10.6. The van der Waals surface area contributed by atoms with Gasteiger partial charge in [-0.1, -0.05) is 18.2 Å². The van der Waals surface area contributed by atoms with Gasteiger partial charge in [-0.05, 0) is 82.5 Å². The van der Waals surface area contributed by atoms with Gasteiger partial charge in [0.05, 0.1) is 19.1 Å². The molecule has 0 radical (unpaired) electrons. The van der Waals surface area contributed by atoms with Crippen LogP contribution in [0.1, 0.15) is 44.4 Å². The van der Waals surface area contributed by atoms with Gasteiger partial charge in [0.2, 0.25) is 21.8 Å². The Bertz CT molecular complexity index is 1150. The fourth-order valence-corrected chi connectivity index (χ4v) is 4.57. The van der Waals surface area contributed by atoms with Crippen molar-refractivity contribution in [1.82, 2.24) is 10.2 Å². The van der Waals surface area contributed by atoms with Crippen molar-refractivity contribution < 1.29 is 22.7 Å². The summed E-state index contributed by atoms with van der Waals surface area (Å²) in [6, 6.07) is 11.7. The number of nitrogens with zero attached hydrogens (tertiary/aromatic N) is 2. The number of ether oxygens (including phenoxy) is 1. The Labute approximate surface area is 209 Å². The van der Waals surface area contributed by atoms with Crippen molar-refractivity contribution >= 4 is 27.5 Å². The molecule has 0 aliphatic heterocycles. The number of benzene rings is 2. The first-order chi connectivity index (χ1) is 16.1. The highest BCUT2D eigenvalue weighted by Crippen LogP contribution is 2.23. The SMILES string of the molecule is COc1cccc(CN(C(=O)CN(c2cc(C)cc(C)c2)S(C)(=O)=O)[C@@H](C)C(=O)NC(C)(C)C)c1. The highest BCUT2D eigenvalue weighted by Gasteiger charge is 2.31. The molecule has 0 saturated heterocycles. The fourth-order valence-electron chi connectivity index (χ4n) is 3.73. The lowest BCUT2D eigenvalue weighted by Gasteiger charge is -2.33. The lowest BCUT2D eigenvalue weighted by molar-refractivity contribution is -0.140. The van der Waals surface area contributed by atoms with E-state index in [1.165, 1.54) is 4.90 Å². The quantitative estimate of drug-likeness (QED) is 0.566. The monoisotopic (exact) mass is 503 g/mol. The van der Waals surface area contributed by atoms with Gasteiger partial charge < -0.3 is 15.0 Å². The molecule has 0 saturated carbocycles. The van der Waals surface area contributed by atoms with Crippen LogP contribution in [0.3, 0.4) is 0 Å². The van der Waals surface area contributed by atoms with Gasteiger partial charge in [-0.25, -0.2) is 8.42 Å². The molecule has 192 valence electrons. The van der Waals surface area contributed by atoms with Crippen molar-refractivity contribution in [3.05, 3.63) is 59.2 Å². The predicted octanol–water partition coefficient (Wildman–Crippen LogP) is 3.41. The molecule has 2 aromatic carbocycles. The Kier molecular flexibility index (Phi) is 8.94. The Morgan fingerprint density at radius 2 is 1.66 bits per heavy atom. The van der Waals surface area contributed by atoms with Crippen LogP contribution < -0.4 is 14.4 Å². The number of anilines is 1. The Morgan fingerprint density at radius 1 is 1.06 bits per heavy atom. The summed E-state index contributed by atoms with van der Waals surface area (Å²) in [4.78, 5) is 28.0. The van der Waals surface area contributed by atoms with Crippen LogP contribution in [0.15, 0.2) is 42.5 Å². The van der Waals surface area contributed by atoms with Gasteiger partial charge in [-0.15, -0.1) is 0 Å².